The highest BCUT2D eigenvalue weighted by molar-refractivity contribution is 6.03. The van der Waals surface area contributed by atoms with E-state index in [-0.39, 0.29) is 24.0 Å². The van der Waals surface area contributed by atoms with Gasteiger partial charge in [0.2, 0.25) is 0 Å². The van der Waals surface area contributed by atoms with Crippen molar-refractivity contribution in [3.05, 3.63) is 29.8 Å². The number of hydrogen-bond acceptors (Lipinski definition) is 2. The van der Waals surface area contributed by atoms with E-state index in [0.717, 1.165) is 0 Å². The third-order valence-corrected chi connectivity index (χ3v) is 2.26. The number of urea groups is 1. The molecule has 0 saturated carbocycles. The predicted molar refractivity (Wildman–Crippen MR) is 76.3 cm³/mol. The maximum absolute atomic E-state index is 12.0. The molecule has 1 aromatic carbocycles. The largest absolute Gasteiger partial charge is 0.350 e. The fourth-order valence-electron chi connectivity index (χ4n) is 1.55. The maximum Gasteiger partial charge on any atom is 0.319 e. The molecular formula is C14H21N3O2. The molecule has 0 aliphatic rings. The molecule has 0 saturated heterocycles. The number of nitrogens with one attached hydrogen (secondary N) is 3. The number of para-hydroxylation sites is 1. The fourth-order valence-corrected chi connectivity index (χ4v) is 1.55. The van der Waals surface area contributed by atoms with Gasteiger partial charge in [-0.3, -0.25) is 4.79 Å². The standard InChI is InChI=1S/C14H21N3O2/c1-9(2)15-13(18)11-7-5-6-8-12(11)17-14(19)16-10(3)4/h5-10H,1-4H3,(H,15,18)(H2,16,17,19). The molecule has 5 nitrogen and oxygen atoms in total. The molecule has 0 spiro atoms. The Balaban J connectivity index is 2.84. The molecule has 0 atom stereocenters. The molecule has 0 fully saturated rings. The number of carbonyl (C=O) groups excluding carboxylic acids is 2. The highest BCUT2D eigenvalue weighted by Gasteiger charge is 2.13. The Kier molecular flexibility index (Phi) is 5.36. The molecule has 0 aliphatic heterocycles. The van der Waals surface area contributed by atoms with E-state index in [9.17, 15) is 9.59 Å². The molecule has 1 rings (SSSR count). The summed E-state index contributed by atoms with van der Waals surface area (Å²) in [6.07, 6.45) is 0. The van der Waals surface area contributed by atoms with Crippen LogP contribution in [0.25, 0.3) is 0 Å². The topological polar surface area (TPSA) is 70.2 Å². The quantitative estimate of drug-likeness (QED) is 0.780. The average Bonchev–Trinajstić information content (AvgIpc) is 2.27. The molecule has 3 N–H and O–H groups in total. The van der Waals surface area contributed by atoms with Gasteiger partial charge < -0.3 is 16.0 Å². The second-order valence-corrected chi connectivity index (χ2v) is 4.93. The zero-order valence-corrected chi connectivity index (χ0v) is 11.8. The molecular weight excluding hydrogens is 242 g/mol. The third kappa shape index (κ3) is 4.99. The van der Waals surface area contributed by atoms with Crippen molar-refractivity contribution in [2.24, 2.45) is 0 Å². The van der Waals surface area contributed by atoms with Gasteiger partial charge in [0, 0.05) is 12.1 Å². The first-order chi connectivity index (χ1) is 8.90. The molecule has 0 unspecified atom stereocenters. The minimum absolute atomic E-state index is 0.0386. The second-order valence-electron chi connectivity index (χ2n) is 4.93. The number of carbonyl (C=O) groups is 2. The molecule has 0 radical (unpaired) electrons. The summed E-state index contributed by atoms with van der Waals surface area (Å²) >= 11 is 0. The van der Waals surface area contributed by atoms with Crippen LogP contribution in [0.15, 0.2) is 24.3 Å². The van der Waals surface area contributed by atoms with E-state index in [1.165, 1.54) is 0 Å². The van der Waals surface area contributed by atoms with Crippen LogP contribution in [0.2, 0.25) is 0 Å². The molecule has 3 amide bonds. The van der Waals surface area contributed by atoms with Crippen molar-refractivity contribution in [2.45, 2.75) is 39.8 Å². The number of rotatable bonds is 4. The van der Waals surface area contributed by atoms with Gasteiger partial charge in [0.25, 0.3) is 5.91 Å². The van der Waals surface area contributed by atoms with Crippen LogP contribution in [0.3, 0.4) is 0 Å². The lowest BCUT2D eigenvalue weighted by atomic mass is 10.1. The van der Waals surface area contributed by atoms with Crippen molar-refractivity contribution < 1.29 is 9.59 Å². The van der Waals surface area contributed by atoms with Crippen LogP contribution in [0.5, 0.6) is 0 Å². The summed E-state index contributed by atoms with van der Waals surface area (Å²) < 4.78 is 0. The van der Waals surface area contributed by atoms with Gasteiger partial charge in [0.05, 0.1) is 11.3 Å². The Bertz CT molecular complexity index is 456. The fraction of sp³-hybridized carbons (Fsp3) is 0.429. The first-order valence-corrected chi connectivity index (χ1v) is 6.37. The zero-order valence-electron chi connectivity index (χ0n) is 11.8. The summed E-state index contributed by atoms with van der Waals surface area (Å²) in [5.74, 6) is -0.199. The van der Waals surface area contributed by atoms with Gasteiger partial charge in [0.15, 0.2) is 0 Å². The lowest BCUT2D eigenvalue weighted by Crippen LogP contribution is -2.35. The predicted octanol–water partition coefficient (Wildman–Crippen LogP) is 2.35. The van der Waals surface area contributed by atoms with E-state index in [1.54, 1.807) is 24.3 Å². The van der Waals surface area contributed by atoms with Gasteiger partial charge in [-0.05, 0) is 39.8 Å². The summed E-state index contributed by atoms with van der Waals surface area (Å²) in [5, 5.41) is 8.20. The average molecular weight is 263 g/mol. The van der Waals surface area contributed by atoms with E-state index < -0.39 is 0 Å². The Morgan fingerprint density at radius 3 is 2.11 bits per heavy atom. The van der Waals surface area contributed by atoms with Crippen LogP contribution in [0, 0.1) is 0 Å². The van der Waals surface area contributed by atoms with Crippen molar-refractivity contribution >= 4 is 17.6 Å². The Hall–Kier alpha value is -2.04. The van der Waals surface area contributed by atoms with Crippen molar-refractivity contribution in [1.82, 2.24) is 10.6 Å². The molecule has 19 heavy (non-hydrogen) atoms. The van der Waals surface area contributed by atoms with Crippen molar-refractivity contribution in [1.29, 1.82) is 0 Å². The lowest BCUT2D eigenvalue weighted by molar-refractivity contribution is 0.0944. The van der Waals surface area contributed by atoms with Gasteiger partial charge in [0.1, 0.15) is 0 Å². The third-order valence-electron chi connectivity index (χ3n) is 2.26. The summed E-state index contributed by atoms with van der Waals surface area (Å²) in [7, 11) is 0. The van der Waals surface area contributed by atoms with Gasteiger partial charge in [-0.1, -0.05) is 12.1 Å². The van der Waals surface area contributed by atoms with Gasteiger partial charge in [-0.25, -0.2) is 4.79 Å². The highest BCUT2D eigenvalue weighted by Crippen LogP contribution is 2.15. The van der Waals surface area contributed by atoms with E-state index >= 15 is 0 Å². The van der Waals surface area contributed by atoms with E-state index in [0.29, 0.717) is 11.3 Å². The Morgan fingerprint density at radius 1 is 0.947 bits per heavy atom. The van der Waals surface area contributed by atoms with Crippen LogP contribution < -0.4 is 16.0 Å². The van der Waals surface area contributed by atoms with Crippen LogP contribution in [-0.4, -0.2) is 24.0 Å². The van der Waals surface area contributed by atoms with E-state index in [1.807, 2.05) is 27.7 Å². The Labute approximate surface area is 113 Å². The summed E-state index contributed by atoms with van der Waals surface area (Å²) in [5.41, 5.74) is 0.953. The summed E-state index contributed by atoms with van der Waals surface area (Å²) in [6, 6.07) is 6.69. The van der Waals surface area contributed by atoms with Crippen LogP contribution in [0.4, 0.5) is 10.5 Å². The molecule has 104 valence electrons. The van der Waals surface area contributed by atoms with E-state index in [4.69, 9.17) is 0 Å². The molecule has 1 aromatic rings. The number of anilines is 1. The molecule has 0 heterocycles. The van der Waals surface area contributed by atoms with E-state index in [2.05, 4.69) is 16.0 Å². The van der Waals surface area contributed by atoms with Crippen LogP contribution >= 0.6 is 0 Å². The summed E-state index contributed by atoms with van der Waals surface area (Å²) in [4.78, 5) is 23.7. The van der Waals surface area contributed by atoms with Gasteiger partial charge in [-0.15, -0.1) is 0 Å². The normalized spacial score (nSPS) is 10.4. The van der Waals surface area contributed by atoms with Crippen LogP contribution in [0.1, 0.15) is 38.1 Å². The molecule has 5 heteroatoms. The number of benzene rings is 1. The smallest absolute Gasteiger partial charge is 0.319 e. The first-order valence-electron chi connectivity index (χ1n) is 6.37. The number of amides is 3. The lowest BCUT2D eigenvalue weighted by Gasteiger charge is -2.14. The van der Waals surface area contributed by atoms with Crippen molar-refractivity contribution in [3.8, 4) is 0 Å². The Morgan fingerprint density at radius 2 is 1.53 bits per heavy atom. The maximum atomic E-state index is 12.0. The van der Waals surface area contributed by atoms with Crippen molar-refractivity contribution in [3.63, 3.8) is 0 Å². The molecule has 0 aromatic heterocycles. The SMILES string of the molecule is CC(C)NC(=O)Nc1ccccc1C(=O)NC(C)C. The minimum Gasteiger partial charge on any atom is -0.350 e. The van der Waals surface area contributed by atoms with Crippen molar-refractivity contribution in [2.75, 3.05) is 5.32 Å². The minimum atomic E-state index is -0.320. The summed E-state index contributed by atoms with van der Waals surface area (Å²) in [6.45, 7) is 7.52. The molecule has 0 aliphatic carbocycles. The number of hydrogen-bond donors (Lipinski definition) is 3. The second kappa shape index (κ2) is 6.78. The molecule has 0 bridgehead atoms. The van der Waals surface area contributed by atoms with Gasteiger partial charge >= 0.3 is 6.03 Å². The van der Waals surface area contributed by atoms with Crippen LogP contribution in [-0.2, 0) is 0 Å². The zero-order chi connectivity index (χ0) is 14.4. The highest BCUT2D eigenvalue weighted by atomic mass is 16.2. The first kappa shape index (κ1) is 15.0. The monoisotopic (exact) mass is 263 g/mol. The van der Waals surface area contributed by atoms with Gasteiger partial charge in [-0.2, -0.15) is 0 Å².